The summed E-state index contributed by atoms with van der Waals surface area (Å²) in [5, 5.41) is 0. The van der Waals surface area contributed by atoms with Crippen molar-refractivity contribution in [2.75, 3.05) is 6.54 Å². The normalized spacial score (nSPS) is 25.6. The molecule has 0 radical (unpaired) electrons. The number of nitrogens with zero attached hydrogens (tertiary/aromatic N) is 1. The summed E-state index contributed by atoms with van der Waals surface area (Å²) in [6.07, 6.45) is 2.72. The topological polar surface area (TPSA) is 55.8 Å². The van der Waals surface area contributed by atoms with Crippen molar-refractivity contribution in [2.45, 2.75) is 58.3 Å². The summed E-state index contributed by atoms with van der Waals surface area (Å²) in [5.41, 5.74) is 0.372. The monoisotopic (exact) mass is 345 g/mol. The van der Waals surface area contributed by atoms with E-state index in [1.807, 2.05) is 51.1 Å². The molecule has 0 spiro atoms. The predicted octanol–water partition coefficient (Wildman–Crippen LogP) is 3.77. The first kappa shape index (κ1) is 17.8. The zero-order valence-corrected chi connectivity index (χ0v) is 15.2. The fourth-order valence-corrected chi connectivity index (χ4v) is 3.96. The standard InChI is InChI=1S/C20H27NO4/c1-20(2,3)25-18(22)17-16-11-7-10-15(16)12-21(17)19(23)24-13-14-8-5-4-6-9-14/h4-6,8-9,15-17H,7,10-13H2,1-3H3/t15-,16-,17-/m0/s1. The molecule has 0 unspecified atom stereocenters. The molecule has 2 fully saturated rings. The number of amides is 1. The SMILES string of the molecule is CC(C)(C)OC(=O)[C@@H]1[C@H]2CCC[C@H]2CN1C(=O)OCc1ccccc1. The van der Waals surface area contributed by atoms with Crippen molar-refractivity contribution in [3.8, 4) is 0 Å². The predicted molar refractivity (Wildman–Crippen MR) is 93.8 cm³/mol. The minimum atomic E-state index is -0.562. The van der Waals surface area contributed by atoms with Crippen molar-refractivity contribution in [3.63, 3.8) is 0 Å². The molecule has 25 heavy (non-hydrogen) atoms. The van der Waals surface area contributed by atoms with Gasteiger partial charge in [-0.15, -0.1) is 0 Å². The maximum Gasteiger partial charge on any atom is 0.410 e. The fourth-order valence-electron chi connectivity index (χ4n) is 3.96. The molecule has 2 aliphatic rings. The van der Waals surface area contributed by atoms with E-state index in [9.17, 15) is 9.59 Å². The lowest BCUT2D eigenvalue weighted by Crippen LogP contribution is -2.46. The summed E-state index contributed by atoms with van der Waals surface area (Å²) in [5.74, 6) is 0.263. The summed E-state index contributed by atoms with van der Waals surface area (Å²) in [4.78, 5) is 26.9. The first-order valence-corrected chi connectivity index (χ1v) is 9.05. The first-order valence-electron chi connectivity index (χ1n) is 9.05. The van der Waals surface area contributed by atoms with Crippen molar-refractivity contribution >= 4 is 12.1 Å². The van der Waals surface area contributed by atoms with Gasteiger partial charge in [0.1, 0.15) is 18.2 Å². The smallest absolute Gasteiger partial charge is 0.410 e. The zero-order valence-electron chi connectivity index (χ0n) is 15.2. The van der Waals surface area contributed by atoms with Gasteiger partial charge in [0.05, 0.1) is 0 Å². The van der Waals surface area contributed by atoms with Crippen LogP contribution in [0.3, 0.4) is 0 Å². The second-order valence-corrected chi connectivity index (χ2v) is 8.03. The molecule has 1 aliphatic carbocycles. The molecule has 1 aromatic rings. The Hall–Kier alpha value is -2.04. The molecule has 3 atom stereocenters. The first-order chi connectivity index (χ1) is 11.8. The van der Waals surface area contributed by atoms with Gasteiger partial charge in [-0.1, -0.05) is 36.8 Å². The zero-order chi connectivity index (χ0) is 18.0. The Balaban J connectivity index is 1.69. The summed E-state index contributed by atoms with van der Waals surface area (Å²) in [7, 11) is 0. The second-order valence-electron chi connectivity index (χ2n) is 8.03. The number of esters is 1. The Labute approximate surface area is 149 Å². The highest BCUT2D eigenvalue weighted by atomic mass is 16.6. The maximum atomic E-state index is 12.7. The average molecular weight is 345 g/mol. The number of ether oxygens (including phenoxy) is 2. The van der Waals surface area contributed by atoms with Gasteiger partial charge in [-0.25, -0.2) is 9.59 Å². The molecule has 136 valence electrons. The Bertz CT molecular complexity index is 622. The average Bonchev–Trinajstić information content (AvgIpc) is 3.12. The van der Waals surface area contributed by atoms with Crippen LogP contribution < -0.4 is 0 Å². The summed E-state index contributed by atoms with van der Waals surface area (Å²) in [6, 6.07) is 9.05. The van der Waals surface area contributed by atoms with Crippen LogP contribution in [0.1, 0.15) is 45.6 Å². The van der Waals surface area contributed by atoms with Gasteiger partial charge in [-0.3, -0.25) is 4.90 Å². The summed E-state index contributed by atoms with van der Waals surface area (Å²) >= 11 is 0. The lowest BCUT2D eigenvalue weighted by Gasteiger charge is -2.29. The lowest BCUT2D eigenvalue weighted by atomic mass is 9.94. The highest BCUT2D eigenvalue weighted by Gasteiger charge is 2.51. The Kier molecular flexibility index (Phi) is 5.02. The van der Waals surface area contributed by atoms with E-state index in [0.29, 0.717) is 12.5 Å². The second kappa shape index (κ2) is 7.06. The Morgan fingerprint density at radius 2 is 1.88 bits per heavy atom. The minimum absolute atomic E-state index is 0.194. The van der Waals surface area contributed by atoms with Crippen LogP contribution in [0.15, 0.2) is 30.3 Å². The lowest BCUT2D eigenvalue weighted by molar-refractivity contribution is -0.161. The van der Waals surface area contributed by atoms with Crippen molar-refractivity contribution in [1.29, 1.82) is 0 Å². The van der Waals surface area contributed by atoms with Gasteiger partial charge >= 0.3 is 12.1 Å². The number of likely N-dealkylation sites (tertiary alicyclic amines) is 1. The van der Waals surface area contributed by atoms with Crippen molar-refractivity contribution in [2.24, 2.45) is 11.8 Å². The number of fused-ring (bicyclic) bond motifs is 1. The van der Waals surface area contributed by atoms with Crippen molar-refractivity contribution in [3.05, 3.63) is 35.9 Å². The minimum Gasteiger partial charge on any atom is -0.458 e. The highest BCUT2D eigenvalue weighted by molar-refractivity contribution is 5.83. The Morgan fingerprint density at radius 3 is 2.56 bits per heavy atom. The molecule has 1 heterocycles. The van der Waals surface area contributed by atoms with E-state index in [-0.39, 0.29) is 18.5 Å². The van der Waals surface area contributed by atoms with E-state index < -0.39 is 17.7 Å². The number of benzene rings is 1. The molecule has 1 aromatic carbocycles. The van der Waals surface area contributed by atoms with Gasteiger partial charge < -0.3 is 9.47 Å². The molecule has 0 aromatic heterocycles. The molecule has 1 amide bonds. The third kappa shape index (κ3) is 4.14. The highest BCUT2D eigenvalue weighted by Crippen LogP contribution is 2.43. The van der Waals surface area contributed by atoms with E-state index in [2.05, 4.69) is 0 Å². The van der Waals surface area contributed by atoms with Gasteiger partial charge in [-0.2, -0.15) is 0 Å². The van der Waals surface area contributed by atoms with Crippen molar-refractivity contribution in [1.82, 2.24) is 4.90 Å². The van der Waals surface area contributed by atoms with E-state index in [1.54, 1.807) is 4.90 Å². The van der Waals surface area contributed by atoms with Crippen LogP contribution in [0.5, 0.6) is 0 Å². The number of hydrogen-bond donors (Lipinski definition) is 0. The molecule has 5 heteroatoms. The molecule has 1 saturated heterocycles. The Morgan fingerprint density at radius 1 is 1.16 bits per heavy atom. The molecular weight excluding hydrogens is 318 g/mol. The van der Waals surface area contributed by atoms with E-state index in [1.165, 1.54) is 0 Å². The largest absolute Gasteiger partial charge is 0.458 e. The van der Waals surface area contributed by atoms with Crippen LogP contribution in [-0.2, 0) is 20.9 Å². The van der Waals surface area contributed by atoms with E-state index in [0.717, 1.165) is 24.8 Å². The quantitative estimate of drug-likeness (QED) is 0.783. The third-order valence-electron chi connectivity index (χ3n) is 4.98. The van der Waals surface area contributed by atoms with Gasteiger partial charge in [-0.05, 0) is 51.0 Å². The van der Waals surface area contributed by atoms with Gasteiger partial charge in [0.25, 0.3) is 0 Å². The van der Waals surface area contributed by atoms with Crippen LogP contribution in [0.2, 0.25) is 0 Å². The number of carbonyl (C=O) groups is 2. The van der Waals surface area contributed by atoms with Gasteiger partial charge in [0.2, 0.25) is 0 Å². The molecule has 1 aliphatic heterocycles. The van der Waals surface area contributed by atoms with Crippen LogP contribution in [0.4, 0.5) is 4.79 Å². The van der Waals surface area contributed by atoms with Crippen LogP contribution in [-0.4, -0.2) is 35.2 Å². The van der Waals surface area contributed by atoms with Crippen molar-refractivity contribution < 1.29 is 19.1 Å². The third-order valence-corrected chi connectivity index (χ3v) is 4.98. The molecule has 3 rings (SSSR count). The molecule has 0 bridgehead atoms. The van der Waals surface area contributed by atoms with Crippen LogP contribution >= 0.6 is 0 Å². The maximum absolute atomic E-state index is 12.7. The summed E-state index contributed by atoms with van der Waals surface area (Å²) < 4.78 is 11.1. The molecule has 1 saturated carbocycles. The number of hydrogen-bond acceptors (Lipinski definition) is 4. The summed E-state index contributed by atoms with van der Waals surface area (Å²) in [6.45, 7) is 6.35. The fraction of sp³-hybridized carbons (Fsp3) is 0.600. The van der Waals surface area contributed by atoms with Crippen LogP contribution in [0, 0.1) is 11.8 Å². The van der Waals surface area contributed by atoms with E-state index in [4.69, 9.17) is 9.47 Å². The number of carbonyl (C=O) groups excluding carboxylic acids is 2. The number of rotatable bonds is 3. The van der Waals surface area contributed by atoms with Gasteiger partial charge in [0, 0.05) is 6.54 Å². The van der Waals surface area contributed by atoms with E-state index >= 15 is 0 Å². The van der Waals surface area contributed by atoms with Crippen LogP contribution in [0.25, 0.3) is 0 Å². The molecular formula is C20H27NO4. The molecule has 5 nitrogen and oxygen atoms in total. The molecule has 0 N–H and O–H groups in total. The van der Waals surface area contributed by atoms with Gasteiger partial charge in [0.15, 0.2) is 0 Å².